The fraction of sp³-hybridized carbons (Fsp3) is 0.667. The van der Waals surface area contributed by atoms with Crippen LogP contribution in [-0.4, -0.2) is 35.1 Å². The summed E-state index contributed by atoms with van der Waals surface area (Å²) in [5, 5.41) is 3.74. The van der Waals surface area contributed by atoms with Crippen LogP contribution in [0.2, 0.25) is 0 Å². The van der Waals surface area contributed by atoms with Crippen molar-refractivity contribution in [2.24, 2.45) is 5.92 Å². The van der Waals surface area contributed by atoms with Gasteiger partial charge in [-0.25, -0.2) is 0 Å². The molecule has 1 N–H and O–H groups in total. The molecule has 2 unspecified atom stereocenters. The second kappa shape index (κ2) is 5.90. The van der Waals surface area contributed by atoms with Crippen LogP contribution in [0, 0.1) is 5.92 Å². The van der Waals surface area contributed by atoms with Crippen molar-refractivity contribution in [1.29, 1.82) is 0 Å². The third-order valence-corrected chi connectivity index (χ3v) is 4.81. The predicted molar refractivity (Wildman–Crippen MR) is 80.9 cm³/mol. The fourth-order valence-corrected chi connectivity index (χ4v) is 3.48. The van der Waals surface area contributed by atoms with Gasteiger partial charge in [-0.2, -0.15) is 0 Å². The molecular weight excluding hydrogens is 302 g/mol. The molecule has 1 saturated carbocycles. The lowest BCUT2D eigenvalue weighted by Crippen LogP contribution is -2.56. The molecule has 0 bridgehead atoms. The summed E-state index contributed by atoms with van der Waals surface area (Å²) in [4.78, 5) is 6.92. The van der Waals surface area contributed by atoms with Gasteiger partial charge >= 0.3 is 0 Å². The molecule has 3 rings (SSSR count). The minimum atomic E-state index is 0.661. The summed E-state index contributed by atoms with van der Waals surface area (Å²) in [6.45, 7) is 5.64. The molecule has 1 aliphatic carbocycles. The Bertz CT molecular complexity index is 433. The molecule has 1 aliphatic heterocycles. The number of rotatable bonds is 4. The number of hydrogen-bond acceptors (Lipinski definition) is 3. The molecular formula is C15H22BrN3. The zero-order valence-electron chi connectivity index (χ0n) is 11.5. The van der Waals surface area contributed by atoms with Crippen LogP contribution in [0.25, 0.3) is 0 Å². The van der Waals surface area contributed by atoms with Gasteiger partial charge < -0.3 is 5.32 Å². The molecule has 2 fully saturated rings. The van der Waals surface area contributed by atoms with Gasteiger partial charge in [0.25, 0.3) is 0 Å². The van der Waals surface area contributed by atoms with E-state index < -0.39 is 0 Å². The highest BCUT2D eigenvalue weighted by Gasteiger charge is 2.36. The second-order valence-corrected chi connectivity index (χ2v) is 6.77. The Labute approximate surface area is 123 Å². The van der Waals surface area contributed by atoms with Gasteiger partial charge in [-0.3, -0.25) is 9.88 Å². The van der Waals surface area contributed by atoms with E-state index in [0.29, 0.717) is 12.1 Å². The number of aromatic nitrogens is 1. The van der Waals surface area contributed by atoms with E-state index in [-0.39, 0.29) is 0 Å². The Balaban J connectivity index is 1.68. The number of nitrogens with one attached hydrogen (secondary N) is 1. The van der Waals surface area contributed by atoms with Crippen molar-refractivity contribution < 1.29 is 0 Å². The maximum Gasteiger partial charge on any atom is 0.0410 e. The van der Waals surface area contributed by atoms with Crippen LogP contribution in [-0.2, 0) is 6.54 Å². The van der Waals surface area contributed by atoms with E-state index >= 15 is 0 Å². The molecule has 19 heavy (non-hydrogen) atoms. The Morgan fingerprint density at radius 1 is 1.42 bits per heavy atom. The van der Waals surface area contributed by atoms with Crippen LogP contribution in [0.5, 0.6) is 0 Å². The van der Waals surface area contributed by atoms with Gasteiger partial charge in [0, 0.05) is 48.6 Å². The zero-order valence-corrected chi connectivity index (χ0v) is 13.1. The molecule has 2 aliphatic rings. The van der Waals surface area contributed by atoms with Crippen LogP contribution in [0.4, 0.5) is 0 Å². The van der Waals surface area contributed by atoms with E-state index in [1.165, 1.54) is 31.4 Å². The first-order chi connectivity index (χ1) is 9.26. The number of piperazine rings is 1. The highest BCUT2D eigenvalue weighted by atomic mass is 79.9. The summed E-state index contributed by atoms with van der Waals surface area (Å²) < 4.78 is 1.08. The molecule has 104 valence electrons. The average molecular weight is 324 g/mol. The van der Waals surface area contributed by atoms with Crippen LogP contribution >= 0.6 is 15.9 Å². The summed E-state index contributed by atoms with van der Waals surface area (Å²) in [7, 11) is 0. The summed E-state index contributed by atoms with van der Waals surface area (Å²) in [6, 6.07) is 3.56. The summed E-state index contributed by atoms with van der Waals surface area (Å²) in [6.07, 6.45) is 7.89. The van der Waals surface area contributed by atoms with Gasteiger partial charge in [0.2, 0.25) is 0 Å². The van der Waals surface area contributed by atoms with E-state index in [1.807, 2.05) is 12.4 Å². The molecule has 1 aromatic heterocycles. The normalized spacial score (nSPS) is 28.5. The maximum atomic E-state index is 4.28. The third-order valence-electron chi connectivity index (χ3n) is 4.37. The number of pyridine rings is 1. The van der Waals surface area contributed by atoms with E-state index in [9.17, 15) is 0 Å². The molecule has 3 nitrogen and oxygen atoms in total. The Hall–Kier alpha value is -0.450. The number of hydrogen-bond donors (Lipinski definition) is 1. The quantitative estimate of drug-likeness (QED) is 0.923. The lowest BCUT2D eigenvalue weighted by molar-refractivity contribution is 0.111. The van der Waals surface area contributed by atoms with E-state index in [4.69, 9.17) is 0 Å². The van der Waals surface area contributed by atoms with Crippen molar-refractivity contribution in [3.8, 4) is 0 Å². The topological polar surface area (TPSA) is 28.2 Å². The molecule has 2 atom stereocenters. The molecule has 0 amide bonds. The molecule has 1 saturated heterocycles. The van der Waals surface area contributed by atoms with Crippen LogP contribution in [0.15, 0.2) is 22.9 Å². The van der Waals surface area contributed by atoms with Crippen molar-refractivity contribution in [3.05, 3.63) is 28.5 Å². The van der Waals surface area contributed by atoms with Gasteiger partial charge in [-0.15, -0.1) is 0 Å². The molecule has 1 aromatic rings. The standard InChI is InChI=1S/C15H22BrN3/c1-2-14-8-18-15(12-3-4-12)10-19(14)9-11-5-13(16)7-17-6-11/h5-7,12,14-15,18H,2-4,8-10H2,1H3. The first kappa shape index (κ1) is 13.5. The summed E-state index contributed by atoms with van der Waals surface area (Å²) in [5.41, 5.74) is 1.31. The highest BCUT2D eigenvalue weighted by molar-refractivity contribution is 9.10. The smallest absolute Gasteiger partial charge is 0.0410 e. The minimum Gasteiger partial charge on any atom is -0.311 e. The first-order valence-corrected chi connectivity index (χ1v) is 8.12. The van der Waals surface area contributed by atoms with E-state index in [1.54, 1.807) is 0 Å². The minimum absolute atomic E-state index is 0.661. The Kier molecular flexibility index (Phi) is 4.20. The number of halogens is 1. The molecule has 0 aromatic carbocycles. The molecule has 4 heteroatoms. The largest absolute Gasteiger partial charge is 0.311 e. The van der Waals surface area contributed by atoms with E-state index in [2.05, 4.69) is 44.1 Å². The van der Waals surface area contributed by atoms with Crippen molar-refractivity contribution in [2.75, 3.05) is 13.1 Å². The SMILES string of the molecule is CCC1CNC(C2CC2)CN1Cc1cncc(Br)c1. The number of nitrogens with zero attached hydrogens (tertiary/aromatic N) is 2. The Morgan fingerprint density at radius 2 is 2.26 bits per heavy atom. The van der Waals surface area contributed by atoms with Gasteiger partial charge in [0.1, 0.15) is 0 Å². The predicted octanol–water partition coefficient (Wildman–Crippen LogP) is 2.81. The molecule has 0 spiro atoms. The fourth-order valence-electron chi connectivity index (χ4n) is 3.07. The summed E-state index contributed by atoms with van der Waals surface area (Å²) >= 11 is 3.51. The molecule has 0 radical (unpaired) electrons. The average Bonchev–Trinajstić information content (AvgIpc) is 3.23. The van der Waals surface area contributed by atoms with Crippen LogP contribution in [0.1, 0.15) is 31.7 Å². The van der Waals surface area contributed by atoms with Crippen molar-refractivity contribution in [3.63, 3.8) is 0 Å². The van der Waals surface area contributed by atoms with Crippen molar-refractivity contribution in [2.45, 2.75) is 44.8 Å². The third kappa shape index (κ3) is 3.36. The van der Waals surface area contributed by atoms with Crippen molar-refractivity contribution in [1.82, 2.24) is 15.2 Å². The van der Waals surface area contributed by atoms with Crippen molar-refractivity contribution >= 4 is 15.9 Å². The van der Waals surface area contributed by atoms with Gasteiger partial charge in [-0.1, -0.05) is 6.92 Å². The maximum absolute atomic E-state index is 4.28. The van der Waals surface area contributed by atoms with Crippen LogP contribution < -0.4 is 5.32 Å². The zero-order chi connectivity index (χ0) is 13.2. The molecule has 2 heterocycles. The Morgan fingerprint density at radius 3 is 2.95 bits per heavy atom. The summed E-state index contributed by atoms with van der Waals surface area (Å²) in [5.74, 6) is 0.931. The van der Waals surface area contributed by atoms with Gasteiger partial charge in [0.15, 0.2) is 0 Å². The van der Waals surface area contributed by atoms with Crippen LogP contribution in [0.3, 0.4) is 0 Å². The monoisotopic (exact) mass is 323 g/mol. The van der Waals surface area contributed by atoms with Gasteiger partial charge in [0.05, 0.1) is 0 Å². The van der Waals surface area contributed by atoms with Gasteiger partial charge in [-0.05, 0) is 52.7 Å². The first-order valence-electron chi connectivity index (χ1n) is 7.33. The highest BCUT2D eigenvalue weighted by Crippen LogP contribution is 2.34. The lowest BCUT2D eigenvalue weighted by atomic mass is 10.0. The second-order valence-electron chi connectivity index (χ2n) is 5.86. The lowest BCUT2D eigenvalue weighted by Gasteiger charge is -2.40. The van der Waals surface area contributed by atoms with E-state index in [0.717, 1.165) is 23.5 Å².